The van der Waals surface area contributed by atoms with Gasteiger partial charge in [-0.05, 0) is 18.9 Å². The van der Waals surface area contributed by atoms with Gasteiger partial charge in [0, 0.05) is 43.9 Å². The molecule has 2 fully saturated rings. The fourth-order valence-electron chi connectivity index (χ4n) is 2.61. The van der Waals surface area contributed by atoms with E-state index < -0.39 is 0 Å². The van der Waals surface area contributed by atoms with Gasteiger partial charge in [0.05, 0.1) is 0 Å². The SMILES string of the molecule is Fc1cc(N2CCNCC2)cc2nc(C3CC3)oc12. The summed E-state index contributed by atoms with van der Waals surface area (Å²) in [7, 11) is 0. The van der Waals surface area contributed by atoms with Gasteiger partial charge in [0.1, 0.15) is 5.52 Å². The maximum Gasteiger partial charge on any atom is 0.198 e. The fraction of sp³-hybridized carbons (Fsp3) is 0.500. The van der Waals surface area contributed by atoms with Crippen LogP contribution in [-0.4, -0.2) is 31.2 Å². The first-order valence-corrected chi connectivity index (χ1v) is 6.87. The van der Waals surface area contributed by atoms with E-state index in [4.69, 9.17) is 4.42 Å². The number of halogens is 1. The lowest BCUT2D eigenvalue weighted by atomic mass is 10.2. The van der Waals surface area contributed by atoms with Crippen molar-refractivity contribution in [2.45, 2.75) is 18.8 Å². The lowest BCUT2D eigenvalue weighted by Gasteiger charge is -2.29. The molecule has 0 radical (unpaired) electrons. The van der Waals surface area contributed by atoms with Gasteiger partial charge in [0.25, 0.3) is 0 Å². The molecule has 1 saturated carbocycles. The summed E-state index contributed by atoms with van der Waals surface area (Å²) in [6.07, 6.45) is 2.22. The van der Waals surface area contributed by atoms with E-state index in [2.05, 4.69) is 15.2 Å². The molecule has 1 N–H and O–H groups in total. The van der Waals surface area contributed by atoms with E-state index in [-0.39, 0.29) is 5.82 Å². The second-order valence-electron chi connectivity index (χ2n) is 5.34. The third kappa shape index (κ3) is 1.98. The molecule has 1 aromatic carbocycles. The molecule has 1 aromatic heterocycles. The molecule has 1 aliphatic carbocycles. The Bertz CT molecular complexity index is 614. The number of rotatable bonds is 2. The zero-order chi connectivity index (χ0) is 12.8. The standard InChI is InChI=1S/C14H16FN3O/c15-11-7-10(18-5-3-16-4-6-18)8-12-13(11)19-14(17-12)9-1-2-9/h7-9,16H,1-6H2. The summed E-state index contributed by atoms with van der Waals surface area (Å²) in [4.78, 5) is 6.63. The van der Waals surface area contributed by atoms with Gasteiger partial charge < -0.3 is 14.6 Å². The molecule has 5 heteroatoms. The van der Waals surface area contributed by atoms with Crippen molar-refractivity contribution in [2.75, 3.05) is 31.1 Å². The smallest absolute Gasteiger partial charge is 0.198 e. The Morgan fingerprint density at radius 3 is 2.79 bits per heavy atom. The third-order valence-electron chi connectivity index (χ3n) is 3.85. The van der Waals surface area contributed by atoms with E-state index in [1.165, 1.54) is 0 Å². The van der Waals surface area contributed by atoms with Crippen LogP contribution in [0.1, 0.15) is 24.7 Å². The van der Waals surface area contributed by atoms with Crippen molar-refractivity contribution in [1.29, 1.82) is 0 Å². The Kier molecular flexibility index (Phi) is 2.48. The monoisotopic (exact) mass is 261 g/mol. The van der Waals surface area contributed by atoms with Crippen LogP contribution in [0.5, 0.6) is 0 Å². The van der Waals surface area contributed by atoms with Gasteiger partial charge in [-0.15, -0.1) is 0 Å². The number of benzene rings is 1. The molecule has 0 bridgehead atoms. The van der Waals surface area contributed by atoms with Crippen LogP contribution < -0.4 is 10.2 Å². The summed E-state index contributed by atoms with van der Waals surface area (Å²) in [5, 5.41) is 3.29. The summed E-state index contributed by atoms with van der Waals surface area (Å²) in [6.45, 7) is 3.67. The summed E-state index contributed by atoms with van der Waals surface area (Å²) < 4.78 is 19.7. The molecule has 19 heavy (non-hydrogen) atoms. The quantitative estimate of drug-likeness (QED) is 0.900. The Hall–Kier alpha value is -1.62. The molecule has 1 aliphatic heterocycles. The first kappa shape index (κ1) is 11.2. The highest BCUT2D eigenvalue weighted by Crippen LogP contribution is 2.41. The minimum atomic E-state index is -0.301. The number of anilines is 1. The zero-order valence-electron chi connectivity index (χ0n) is 10.7. The van der Waals surface area contributed by atoms with Gasteiger partial charge in [-0.25, -0.2) is 9.37 Å². The topological polar surface area (TPSA) is 41.3 Å². The Morgan fingerprint density at radius 1 is 1.26 bits per heavy atom. The zero-order valence-corrected chi connectivity index (χ0v) is 10.7. The summed E-state index contributed by atoms with van der Waals surface area (Å²) in [6, 6.07) is 3.51. The van der Waals surface area contributed by atoms with E-state index in [9.17, 15) is 4.39 Å². The van der Waals surface area contributed by atoms with Crippen LogP contribution >= 0.6 is 0 Å². The Morgan fingerprint density at radius 2 is 2.05 bits per heavy atom. The molecule has 0 spiro atoms. The van der Waals surface area contributed by atoms with Crippen LogP contribution in [0.15, 0.2) is 16.5 Å². The number of fused-ring (bicyclic) bond motifs is 1. The highest BCUT2D eigenvalue weighted by molar-refractivity contribution is 5.78. The van der Waals surface area contributed by atoms with Gasteiger partial charge in [-0.2, -0.15) is 0 Å². The van der Waals surface area contributed by atoms with Crippen LogP contribution in [0.4, 0.5) is 10.1 Å². The molecule has 4 rings (SSSR count). The van der Waals surface area contributed by atoms with E-state index in [1.807, 2.05) is 6.07 Å². The molecule has 2 aliphatic rings. The molecular weight excluding hydrogens is 245 g/mol. The van der Waals surface area contributed by atoms with Crippen molar-refractivity contribution < 1.29 is 8.81 Å². The van der Waals surface area contributed by atoms with E-state index in [0.29, 0.717) is 22.9 Å². The minimum Gasteiger partial charge on any atom is -0.437 e. The van der Waals surface area contributed by atoms with Crippen LogP contribution in [0, 0.1) is 5.82 Å². The average molecular weight is 261 g/mol. The number of hydrogen-bond acceptors (Lipinski definition) is 4. The first-order chi connectivity index (χ1) is 9.31. The van der Waals surface area contributed by atoms with Gasteiger partial charge in [-0.3, -0.25) is 0 Å². The van der Waals surface area contributed by atoms with Crippen molar-refractivity contribution in [3.8, 4) is 0 Å². The van der Waals surface area contributed by atoms with E-state index >= 15 is 0 Å². The maximum atomic E-state index is 14.1. The second kappa shape index (κ2) is 4.20. The third-order valence-corrected chi connectivity index (χ3v) is 3.85. The second-order valence-corrected chi connectivity index (χ2v) is 5.34. The number of hydrogen-bond donors (Lipinski definition) is 1. The van der Waals surface area contributed by atoms with Gasteiger partial charge in [-0.1, -0.05) is 0 Å². The molecule has 0 amide bonds. The predicted octanol–water partition coefficient (Wildman–Crippen LogP) is 2.25. The molecule has 4 nitrogen and oxygen atoms in total. The molecule has 100 valence electrons. The van der Waals surface area contributed by atoms with Gasteiger partial charge in [0.15, 0.2) is 17.3 Å². The Balaban J connectivity index is 1.75. The average Bonchev–Trinajstić information content (AvgIpc) is 3.20. The van der Waals surface area contributed by atoms with Crippen molar-refractivity contribution >= 4 is 16.8 Å². The van der Waals surface area contributed by atoms with Crippen molar-refractivity contribution in [3.05, 3.63) is 23.8 Å². The molecular formula is C14H16FN3O. The molecule has 2 heterocycles. The molecule has 2 aromatic rings. The molecule has 0 unspecified atom stereocenters. The highest BCUT2D eigenvalue weighted by Gasteiger charge is 2.29. The lowest BCUT2D eigenvalue weighted by molar-refractivity contribution is 0.508. The molecule has 0 atom stereocenters. The number of piperazine rings is 1. The van der Waals surface area contributed by atoms with Crippen LogP contribution in [0.2, 0.25) is 0 Å². The fourth-order valence-corrected chi connectivity index (χ4v) is 2.61. The molecule has 1 saturated heterocycles. The van der Waals surface area contributed by atoms with E-state index in [0.717, 1.165) is 44.7 Å². The van der Waals surface area contributed by atoms with Crippen molar-refractivity contribution in [2.24, 2.45) is 0 Å². The minimum absolute atomic E-state index is 0.301. The van der Waals surface area contributed by atoms with E-state index in [1.54, 1.807) is 6.07 Å². The summed E-state index contributed by atoms with van der Waals surface area (Å²) in [5.41, 5.74) is 1.86. The van der Waals surface area contributed by atoms with Crippen LogP contribution in [0.25, 0.3) is 11.1 Å². The van der Waals surface area contributed by atoms with Gasteiger partial charge >= 0.3 is 0 Å². The van der Waals surface area contributed by atoms with Crippen molar-refractivity contribution in [1.82, 2.24) is 10.3 Å². The first-order valence-electron chi connectivity index (χ1n) is 6.87. The predicted molar refractivity (Wildman–Crippen MR) is 71.0 cm³/mol. The number of nitrogens with zero attached hydrogens (tertiary/aromatic N) is 2. The summed E-state index contributed by atoms with van der Waals surface area (Å²) >= 11 is 0. The number of oxazole rings is 1. The van der Waals surface area contributed by atoms with Crippen molar-refractivity contribution in [3.63, 3.8) is 0 Å². The normalized spacial score (nSPS) is 20.2. The number of nitrogens with one attached hydrogen (secondary N) is 1. The lowest BCUT2D eigenvalue weighted by Crippen LogP contribution is -2.43. The highest BCUT2D eigenvalue weighted by atomic mass is 19.1. The van der Waals surface area contributed by atoms with Crippen LogP contribution in [0.3, 0.4) is 0 Å². The largest absolute Gasteiger partial charge is 0.437 e. The Labute approximate surface area is 110 Å². The van der Waals surface area contributed by atoms with Crippen LogP contribution in [-0.2, 0) is 0 Å². The summed E-state index contributed by atoms with van der Waals surface area (Å²) in [5.74, 6) is 0.811. The van der Waals surface area contributed by atoms with Gasteiger partial charge in [0.2, 0.25) is 0 Å². The number of aromatic nitrogens is 1. The maximum absolute atomic E-state index is 14.1.